The first-order valence-corrected chi connectivity index (χ1v) is 10.1. The minimum atomic E-state index is -0.477. The molecule has 3 rings (SSSR count). The molecule has 30 heavy (non-hydrogen) atoms. The van der Waals surface area contributed by atoms with Crippen molar-refractivity contribution in [1.29, 1.82) is 0 Å². The Hall–Kier alpha value is -3.12. The molecule has 6 nitrogen and oxygen atoms in total. The smallest absolute Gasteiger partial charge is 0.341 e. The number of aromatic nitrogens is 2. The number of amides is 1. The number of halogens is 1. The van der Waals surface area contributed by atoms with Gasteiger partial charge < -0.3 is 10.1 Å². The van der Waals surface area contributed by atoms with Gasteiger partial charge in [-0.2, -0.15) is 5.10 Å². The summed E-state index contributed by atoms with van der Waals surface area (Å²) in [7, 11) is 0. The van der Waals surface area contributed by atoms with E-state index in [-0.39, 0.29) is 19.1 Å². The standard InChI is InChI=1S/C23H24ClN3O3/c1-17-6-8-18(9-7-17)10-11-22(28)25-12-13-30-23(29)20-14-26-27(16-20)15-19-4-2-3-5-21(19)24/h2-9,14,16H,10-13,15H2,1H3,(H,25,28). The number of hydrogen-bond donors (Lipinski definition) is 1. The number of ether oxygens (including phenoxy) is 1. The number of rotatable bonds is 9. The number of esters is 1. The molecule has 0 fully saturated rings. The van der Waals surface area contributed by atoms with E-state index in [9.17, 15) is 9.59 Å². The lowest BCUT2D eigenvalue weighted by atomic mass is 10.1. The van der Waals surface area contributed by atoms with E-state index in [0.717, 1.165) is 11.1 Å². The first-order chi connectivity index (χ1) is 14.5. The minimum absolute atomic E-state index is 0.0702. The summed E-state index contributed by atoms with van der Waals surface area (Å²) in [5, 5.41) is 7.59. The Balaban J connectivity index is 1.36. The third-order valence-electron chi connectivity index (χ3n) is 4.58. The van der Waals surface area contributed by atoms with Crippen LogP contribution in [0.15, 0.2) is 60.9 Å². The molecule has 0 atom stereocenters. The largest absolute Gasteiger partial charge is 0.460 e. The van der Waals surface area contributed by atoms with Gasteiger partial charge in [0, 0.05) is 17.6 Å². The van der Waals surface area contributed by atoms with Crippen LogP contribution in [0.4, 0.5) is 0 Å². The summed E-state index contributed by atoms with van der Waals surface area (Å²) in [4.78, 5) is 24.1. The fourth-order valence-corrected chi connectivity index (χ4v) is 3.07. The quantitative estimate of drug-likeness (QED) is 0.418. The number of nitrogens with one attached hydrogen (secondary N) is 1. The Bertz CT molecular complexity index is 999. The predicted octanol–water partition coefficient (Wildman–Crippen LogP) is 3.80. The lowest BCUT2D eigenvalue weighted by molar-refractivity contribution is -0.121. The van der Waals surface area contributed by atoms with Gasteiger partial charge in [-0.15, -0.1) is 0 Å². The molecule has 0 spiro atoms. The number of carbonyl (C=O) groups is 2. The summed E-state index contributed by atoms with van der Waals surface area (Å²) in [6.45, 7) is 2.86. The third kappa shape index (κ3) is 6.46. The number of carbonyl (C=O) groups excluding carboxylic acids is 2. The third-order valence-corrected chi connectivity index (χ3v) is 4.95. The highest BCUT2D eigenvalue weighted by Gasteiger charge is 2.11. The number of benzene rings is 2. The molecule has 7 heteroatoms. The summed E-state index contributed by atoms with van der Waals surface area (Å²) in [6.07, 6.45) is 4.15. The van der Waals surface area contributed by atoms with E-state index in [1.807, 2.05) is 55.5 Å². The monoisotopic (exact) mass is 425 g/mol. The Kier molecular flexibility index (Phi) is 7.63. The first kappa shape index (κ1) is 21.6. The minimum Gasteiger partial charge on any atom is -0.460 e. The molecule has 0 aliphatic rings. The summed E-state index contributed by atoms with van der Waals surface area (Å²) >= 11 is 6.15. The highest BCUT2D eigenvalue weighted by Crippen LogP contribution is 2.16. The Labute approximate surface area is 180 Å². The van der Waals surface area contributed by atoms with Crippen molar-refractivity contribution in [3.8, 4) is 0 Å². The van der Waals surface area contributed by atoms with Gasteiger partial charge in [0.2, 0.25) is 5.91 Å². The molecule has 156 valence electrons. The van der Waals surface area contributed by atoms with E-state index in [1.54, 1.807) is 10.9 Å². The lowest BCUT2D eigenvalue weighted by Gasteiger charge is -2.06. The van der Waals surface area contributed by atoms with Gasteiger partial charge in [0.05, 0.1) is 24.8 Å². The Morgan fingerprint density at radius 1 is 1.13 bits per heavy atom. The molecular formula is C23H24ClN3O3. The highest BCUT2D eigenvalue weighted by molar-refractivity contribution is 6.31. The maximum atomic E-state index is 12.1. The van der Waals surface area contributed by atoms with Gasteiger partial charge >= 0.3 is 5.97 Å². The van der Waals surface area contributed by atoms with E-state index >= 15 is 0 Å². The molecule has 3 aromatic rings. The molecule has 0 bridgehead atoms. The van der Waals surface area contributed by atoms with Crippen LogP contribution in [0.2, 0.25) is 5.02 Å². The highest BCUT2D eigenvalue weighted by atomic mass is 35.5. The Morgan fingerprint density at radius 2 is 1.90 bits per heavy atom. The lowest BCUT2D eigenvalue weighted by Crippen LogP contribution is -2.28. The van der Waals surface area contributed by atoms with Crippen LogP contribution in [0.5, 0.6) is 0 Å². The molecule has 2 aromatic carbocycles. The van der Waals surface area contributed by atoms with E-state index in [4.69, 9.17) is 16.3 Å². The van der Waals surface area contributed by atoms with Crippen molar-refractivity contribution in [3.05, 3.63) is 88.2 Å². The normalized spacial score (nSPS) is 10.6. The van der Waals surface area contributed by atoms with Crippen LogP contribution >= 0.6 is 11.6 Å². The molecule has 1 N–H and O–H groups in total. The summed E-state index contributed by atoms with van der Waals surface area (Å²) in [6, 6.07) is 15.6. The van der Waals surface area contributed by atoms with Crippen molar-refractivity contribution in [2.75, 3.05) is 13.2 Å². The van der Waals surface area contributed by atoms with Crippen LogP contribution in [0, 0.1) is 6.92 Å². The zero-order chi connectivity index (χ0) is 21.3. The second kappa shape index (κ2) is 10.6. The van der Waals surface area contributed by atoms with Crippen molar-refractivity contribution in [3.63, 3.8) is 0 Å². The van der Waals surface area contributed by atoms with Crippen LogP contribution in [0.1, 0.15) is 33.5 Å². The molecular weight excluding hydrogens is 402 g/mol. The number of aryl methyl sites for hydroxylation is 2. The summed E-state index contributed by atoms with van der Waals surface area (Å²) < 4.78 is 6.84. The molecule has 1 aromatic heterocycles. The van der Waals surface area contributed by atoms with Crippen LogP contribution in [0.25, 0.3) is 0 Å². The van der Waals surface area contributed by atoms with Crippen LogP contribution < -0.4 is 5.32 Å². The molecule has 0 saturated carbocycles. The van der Waals surface area contributed by atoms with Crippen LogP contribution in [-0.4, -0.2) is 34.8 Å². The average Bonchev–Trinajstić information content (AvgIpc) is 3.21. The van der Waals surface area contributed by atoms with Crippen molar-refractivity contribution in [1.82, 2.24) is 15.1 Å². The van der Waals surface area contributed by atoms with Gasteiger partial charge in [-0.25, -0.2) is 4.79 Å². The molecule has 1 heterocycles. The van der Waals surface area contributed by atoms with Gasteiger partial charge in [-0.05, 0) is 30.5 Å². The second-order valence-corrected chi connectivity index (χ2v) is 7.40. The van der Waals surface area contributed by atoms with E-state index in [0.29, 0.717) is 30.0 Å². The van der Waals surface area contributed by atoms with Gasteiger partial charge in [0.25, 0.3) is 0 Å². The summed E-state index contributed by atoms with van der Waals surface area (Å²) in [5.74, 6) is -0.548. The van der Waals surface area contributed by atoms with Crippen LogP contribution in [-0.2, 0) is 22.5 Å². The van der Waals surface area contributed by atoms with Gasteiger partial charge in [0.1, 0.15) is 6.61 Å². The fraction of sp³-hybridized carbons (Fsp3) is 0.261. The second-order valence-electron chi connectivity index (χ2n) is 6.99. The fourth-order valence-electron chi connectivity index (χ4n) is 2.88. The van der Waals surface area contributed by atoms with Crippen molar-refractivity contribution < 1.29 is 14.3 Å². The zero-order valence-corrected chi connectivity index (χ0v) is 17.6. The van der Waals surface area contributed by atoms with Gasteiger partial charge in [0.15, 0.2) is 0 Å². The topological polar surface area (TPSA) is 73.2 Å². The maximum Gasteiger partial charge on any atom is 0.341 e. The zero-order valence-electron chi connectivity index (χ0n) is 16.8. The molecule has 0 radical (unpaired) electrons. The van der Waals surface area contributed by atoms with Gasteiger partial charge in [-0.3, -0.25) is 9.48 Å². The van der Waals surface area contributed by atoms with E-state index in [2.05, 4.69) is 10.4 Å². The first-order valence-electron chi connectivity index (χ1n) is 9.76. The molecule has 1 amide bonds. The average molecular weight is 426 g/mol. The van der Waals surface area contributed by atoms with E-state index in [1.165, 1.54) is 11.8 Å². The maximum absolute atomic E-state index is 12.1. The molecule has 0 saturated heterocycles. The van der Waals surface area contributed by atoms with Crippen molar-refractivity contribution in [2.45, 2.75) is 26.3 Å². The van der Waals surface area contributed by atoms with Gasteiger partial charge in [-0.1, -0.05) is 59.6 Å². The molecule has 0 aliphatic heterocycles. The SMILES string of the molecule is Cc1ccc(CCC(=O)NCCOC(=O)c2cnn(Cc3ccccc3Cl)c2)cc1. The van der Waals surface area contributed by atoms with Crippen LogP contribution in [0.3, 0.4) is 0 Å². The predicted molar refractivity (Wildman–Crippen MR) is 116 cm³/mol. The van der Waals surface area contributed by atoms with Crippen molar-refractivity contribution in [2.24, 2.45) is 0 Å². The number of hydrogen-bond acceptors (Lipinski definition) is 4. The molecule has 0 unspecified atom stereocenters. The number of nitrogens with zero attached hydrogens (tertiary/aromatic N) is 2. The molecule has 0 aliphatic carbocycles. The summed E-state index contributed by atoms with van der Waals surface area (Å²) in [5.41, 5.74) is 3.58. The van der Waals surface area contributed by atoms with Crippen molar-refractivity contribution >= 4 is 23.5 Å². The Morgan fingerprint density at radius 3 is 2.67 bits per heavy atom. The van der Waals surface area contributed by atoms with E-state index < -0.39 is 5.97 Å².